The van der Waals surface area contributed by atoms with Crippen LogP contribution in [-0.4, -0.2) is 36.9 Å². The first kappa shape index (κ1) is 15.5. The van der Waals surface area contributed by atoms with E-state index in [0.29, 0.717) is 13.2 Å². The predicted octanol–water partition coefficient (Wildman–Crippen LogP) is 1.31. The highest BCUT2D eigenvalue weighted by Crippen LogP contribution is 2.30. The van der Waals surface area contributed by atoms with E-state index in [4.69, 9.17) is 4.74 Å². The Bertz CT molecular complexity index is 521. The Morgan fingerprint density at radius 2 is 2.15 bits per heavy atom. The maximum absolute atomic E-state index is 12.0. The topological polar surface area (TPSA) is 73.2 Å². The van der Waals surface area contributed by atoms with Crippen molar-refractivity contribution in [2.45, 2.75) is 39.3 Å². The first-order chi connectivity index (χ1) is 9.57. The minimum absolute atomic E-state index is 0.0829. The number of aryl methyl sites for hydroxylation is 1. The molecule has 1 fully saturated rings. The van der Waals surface area contributed by atoms with E-state index in [0.717, 1.165) is 25.2 Å². The van der Waals surface area contributed by atoms with Crippen molar-refractivity contribution in [3.05, 3.63) is 18.2 Å². The number of nitrogens with zero attached hydrogens (tertiary/aromatic N) is 2. The van der Waals surface area contributed by atoms with E-state index in [2.05, 4.69) is 9.71 Å². The molecule has 0 amide bonds. The quantitative estimate of drug-likeness (QED) is 0.860. The average Bonchev–Trinajstić information content (AvgIpc) is 2.94. The minimum atomic E-state index is -3.26. The second kappa shape index (κ2) is 6.69. The zero-order valence-electron chi connectivity index (χ0n) is 12.1. The number of hydrogen-bond acceptors (Lipinski definition) is 4. The average molecular weight is 301 g/mol. The summed E-state index contributed by atoms with van der Waals surface area (Å²) in [6, 6.07) is -0.265. The monoisotopic (exact) mass is 301 g/mol. The van der Waals surface area contributed by atoms with Gasteiger partial charge < -0.3 is 9.30 Å². The van der Waals surface area contributed by atoms with Gasteiger partial charge in [-0.3, -0.25) is 0 Å². The number of aromatic nitrogens is 2. The van der Waals surface area contributed by atoms with Crippen molar-refractivity contribution in [3.8, 4) is 0 Å². The normalized spacial score (nSPS) is 19.1. The van der Waals surface area contributed by atoms with E-state index in [1.807, 2.05) is 17.7 Å². The lowest BCUT2D eigenvalue weighted by Gasteiger charge is -2.30. The molecule has 0 aliphatic carbocycles. The first-order valence-corrected chi connectivity index (χ1v) is 8.81. The van der Waals surface area contributed by atoms with E-state index in [-0.39, 0.29) is 17.7 Å². The summed E-state index contributed by atoms with van der Waals surface area (Å²) >= 11 is 0. The van der Waals surface area contributed by atoms with Gasteiger partial charge in [0.1, 0.15) is 5.82 Å². The van der Waals surface area contributed by atoms with Gasteiger partial charge in [-0.1, -0.05) is 0 Å². The molecule has 0 aromatic carbocycles. The number of nitrogens with one attached hydrogen (secondary N) is 1. The second-order valence-corrected chi connectivity index (χ2v) is 7.06. The zero-order chi connectivity index (χ0) is 14.6. The van der Waals surface area contributed by atoms with Gasteiger partial charge in [-0.15, -0.1) is 0 Å². The van der Waals surface area contributed by atoms with Crippen molar-refractivity contribution < 1.29 is 13.2 Å². The van der Waals surface area contributed by atoms with Crippen LogP contribution in [0.2, 0.25) is 0 Å². The summed E-state index contributed by atoms with van der Waals surface area (Å²) in [6.07, 6.45) is 5.33. The van der Waals surface area contributed by atoms with Crippen molar-refractivity contribution in [1.82, 2.24) is 14.3 Å². The molecule has 7 heteroatoms. The van der Waals surface area contributed by atoms with Gasteiger partial charge in [0.2, 0.25) is 10.0 Å². The van der Waals surface area contributed by atoms with Gasteiger partial charge in [0, 0.05) is 32.2 Å². The van der Waals surface area contributed by atoms with E-state index in [1.54, 1.807) is 13.1 Å². The first-order valence-electron chi connectivity index (χ1n) is 7.16. The molecule has 0 spiro atoms. The third kappa shape index (κ3) is 3.59. The molecule has 1 aromatic rings. The summed E-state index contributed by atoms with van der Waals surface area (Å²) < 4.78 is 34.1. The minimum Gasteiger partial charge on any atom is -0.381 e. The van der Waals surface area contributed by atoms with Crippen LogP contribution in [0.3, 0.4) is 0 Å². The fourth-order valence-electron chi connectivity index (χ4n) is 2.55. The Hall–Kier alpha value is -0.920. The highest BCUT2D eigenvalue weighted by atomic mass is 32.2. The van der Waals surface area contributed by atoms with E-state index < -0.39 is 10.0 Å². The van der Waals surface area contributed by atoms with Gasteiger partial charge in [-0.25, -0.2) is 18.1 Å². The highest BCUT2D eigenvalue weighted by Gasteiger charge is 2.31. The number of ether oxygens (including phenoxy) is 1. The largest absolute Gasteiger partial charge is 0.381 e. The lowest BCUT2D eigenvalue weighted by atomic mass is 9.92. The third-order valence-corrected chi connectivity index (χ3v) is 5.16. The molecule has 2 heterocycles. The summed E-state index contributed by atoms with van der Waals surface area (Å²) in [5.41, 5.74) is 0. The third-order valence-electron chi connectivity index (χ3n) is 3.79. The van der Waals surface area contributed by atoms with Crippen LogP contribution in [0.4, 0.5) is 0 Å². The number of sulfonamides is 1. The Morgan fingerprint density at radius 1 is 1.45 bits per heavy atom. The summed E-state index contributed by atoms with van der Waals surface area (Å²) in [6.45, 7) is 5.82. The number of hydrogen-bond donors (Lipinski definition) is 1. The summed E-state index contributed by atoms with van der Waals surface area (Å²) in [5.74, 6) is 1.12. The van der Waals surface area contributed by atoms with Gasteiger partial charge in [0.25, 0.3) is 0 Å². The summed E-state index contributed by atoms with van der Waals surface area (Å²) in [5, 5.41) is 0. The molecule has 1 aliphatic rings. The maximum Gasteiger partial charge on any atom is 0.211 e. The van der Waals surface area contributed by atoms with Crippen LogP contribution in [0.1, 0.15) is 38.6 Å². The zero-order valence-corrected chi connectivity index (χ0v) is 12.9. The molecule has 2 rings (SSSR count). The molecular formula is C13H23N3O3S. The lowest BCUT2D eigenvalue weighted by Crippen LogP contribution is -2.38. The van der Waals surface area contributed by atoms with Crippen molar-refractivity contribution in [3.63, 3.8) is 0 Å². The van der Waals surface area contributed by atoms with E-state index >= 15 is 0 Å². The standard InChI is InChI=1S/C13H23N3O3S/c1-3-16-8-7-14-13(16)12(15-20(17,18)4-2)11-5-9-19-10-6-11/h7-8,11-12,15H,3-6,9-10H2,1-2H3. The Balaban J connectivity index is 2.28. The Labute approximate surface area is 120 Å². The fraction of sp³-hybridized carbons (Fsp3) is 0.769. The number of imidazole rings is 1. The molecule has 1 unspecified atom stereocenters. The molecule has 6 nitrogen and oxygen atoms in total. The van der Waals surface area contributed by atoms with Crippen LogP contribution < -0.4 is 4.72 Å². The van der Waals surface area contributed by atoms with Gasteiger partial charge in [-0.05, 0) is 32.6 Å². The molecule has 20 heavy (non-hydrogen) atoms. The summed E-state index contributed by atoms with van der Waals surface area (Å²) in [4.78, 5) is 4.38. The van der Waals surface area contributed by atoms with Crippen LogP contribution in [0.15, 0.2) is 12.4 Å². The van der Waals surface area contributed by atoms with Crippen molar-refractivity contribution >= 4 is 10.0 Å². The fourth-order valence-corrected chi connectivity index (χ4v) is 3.40. The lowest BCUT2D eigenvalue weighted by molar-refractivity contribution is 0.0550. The molecule has 1 aliphatic heterocycles. The van der Waals surface area contributed by atoms with Gasteiger partial charge >= 0.3 is 0 Å². The van der Waals surface area contributed by atoms with Gasteiger partial charge in [0.05, 0.1) is 11.8 Å². The second-order valence-electron chi connectivity index (χ2n) is 5.02. The smallest absolute Gasteiger partial charge is 0.211 e. The molecule has 0 bridgehead atoms. The molecular weight excluding hydrogens is 278 g/mol. The van der Waals surface area contributed by atoms with E-state index in [1.165, 1.54) is 0 Å². The maximum atomic E-state index is 12.0. The Morgan fingerprint density at radius 3 is 2.75 bits per heavy atom. The molecule has 1 atom stereocenters. The SMILES string of the molecule is CCn1ccnc1C(NS(=O)(=O)CC)C1CCOCC1. The van der Waals surface area contributed by atoms with Crippen LogP contribution in [0.5, 0.6) is 0 Å². The van der Waals surface area contributed by atoms with Crippen LogP contribution in [-0.2, 0) is 21.3 Å². The highest BCUT2D eigenvalue weighted by molar-refractivity contribution is 7.89. The molecule has 0 radical (unpaired) electrons. The van der Waals surface area contributed by atoms with Crippen LogP contribution >= 0.6 is 0 Å². The number of rotatable bonds is 6. The summed E-state index contributed by atoms with van der Waals surface area (Å²) in [7, 11) is -3.26. The van der Waals surface area contributed by atoms with Gasteiger partial charge in [0.15, 0.2) is 0 Å². The van der Waals surface area contributed by atoms with Crippen LogP contribution in [0.25, 0.3) is 0 Å². The molecule has 0 saturated carbocycles. The van der Waals surface area contributed by atoms with Crippen molar-refractivity contribution in [1.29, 1.82) is 0 Å². The van der Waals surface area contributed by atoms with Crippen molar-refractivity contribution in [2.75, 3.05) is 19.0 Å². The van der Waals surface area contributed by atoms with Crippen molar-refractivity contribution in [2.24, 2.45) is 5.92 Å². The predicted molar refractivity (Wildman–Crippen MR) is 76.8 cm³/mol. The molecule has 1 aromatic heterocycles. The van der Waals surface area contributed by atoms with Gasteiger partial charge in [-0.2, -0.15) is 0 Å². The van der Waals surface area contributed by atoms with E-state index in [9.17, 15) is 8.42 Å². The molecule has 1 saturated heterocycles. The molecule has 114 valence electrons. The molecule has 1 N–H and O–H groups in total. The van der Waals surface area contributed by atoms with Crippen LogP contribution in [0, 0.1) is 5.92 Å². The Kier molecular flexibility index (Phi) is 5.17.